The number of halogens is 1. The van der Waals surface area contributed by atoms with Gasteiger partial charge in [0.2, 0.25) is 0 Å². The molecule has 0 saturated heterocycles. The molecular weight excluding hydrogens is 293 g/mol. The molecule has 2 aromatic heterocycles. The van der Waals surface area contributed by atoms with Gasteiger partial charge < -0.3 is 9.73 Å². The van der Waals surface area contributed by atoms with Crippen molar-refractivity contribution < 1.29 is 8.81 Å². The highest BCUT2D eigenvalue weighted by Crippen LogP contribution is 2.26. The zero-order valence-electron chi connectivity index (χ0n) is 12.2. The fourth-order valence-corrected chi connectivity index (χ4v) is 2.59. The molecule has 0 spiro atoms. The van der Waals surface area contributed by atoms with Crippen LogP contribution in [0.25, 0.3) is 22.2 Å². The number of nitrogens with one attached hydrogen (secondary N) is 2. The molecule has 4 aromatic rings. The van der Waals surface area contributed by atoms with E-state index < -0.39 is 0 Å². The quantitative estimate of drug-likeness (QED) is 0.580. The Morgan fingerprint density at radius 1 is 1.09 bits per heavy atom. The molecule has 2 N–H and O–H groups in total. The third kappa shape index (κ3) is 2.57. The second-order valence-electron chi connectivity index (χ2n) is 5.24. The van der Waals surface area contributed by atoms with Gasteiger partial charge in [-0.25, -0.2) is 4.39 Å². The van der Waals surface area contributed by atoms with Gasteiger partial charge in [-0.1, -0.05) is 18.2 Å². The lowest BCUT2D eigenvalue weighted by Crippen LogP contribution is -2.02. The van der Waals surface area contributed by atoms with Gasteiger partial charge in [0.1, 0.15) is 11.6 Å². The minimum Gasteiger partial charge on any atom is -0.464 e. The van der Waals surface area contributed by atoms with Crippen LogP contribution in [0.3, 0.4) is 0 Å². The molecule has 0 radical (unpaired) electrons. The number of aromatic nitrogens is 2. The molecular formula is C18H14FN3O. The highest BCUT2D eigenvalue weighted by atomic mass is 19.1. The second-order valence-corrected chi connectivity index (χ2v) is 5.24. The first kappa shape index (κ1) is 13.6. The first-order valence-corrected chi connectivity index (χ1v) is 7.30. The van der Waals surface area contributed by atoms with E-state index in [2.05, 4.69) is 15.5 Å². The number of benzene rings is 2. The van der Waals surface area contributed by atoms with Gasteiger partial charge >= 0.3 is 0 Å². The zero-order chi connectivity index (χ0) is 15.6. The number of anilines is 1. The van der Waals surface area contributed by atoms with Crippen LogP contribution in [0.4, 0.5) is 10.1 Å². The predicted molar refractivity (Wildman–Crippen MR) is 87.5 cm³/mol. The largest absolute Gasteiger partial charge is 0.464 e. The first-order chi connectivity index (χ1) is 11.3. The third-order valence-electron chi connectivity index (χ3n) is 3.77. The molecule has 2 aromatic carbocycles. The van der Waals surface area contributed by atoms with E-state index in [0.717, 1.165) is 22.2 Å². The van der Waals surface area contributed by atoms with Gasteiger partial charge in [0.25, 0.3) is 0 Å². The van der Waals surface area contributed by atoms with Gasteiger partial charge in [-0.15, -0.1) is 0 Å². The number of hydrogen-bond donors (Lipinski definition) is 2. The Hall–Kier alpha value is -3.08. The summed E-state index contributed by atoms with van der Waals surface area (Å²) in [5, 5.41) is 11.4. The van der Waals surface area contributed by atoms with Crippen LogP contribution in [-0.2, 0) is 6.54 Å². The Morgan fingerprint density at radius 3 is 2.87 bits per heavy atom. The molecule has 0 aliphatic rings. The normalized spacial score (nSPS) is 11.0. The maximum absolute atomic E-state index is 14.0. The Morgan fingerprint density at radius 2 is 2.00 bits per heavy atom. The van der Waals surface area contributed by atoms with Crippen LogP contribution >= 0.6 is 0 Å². The number of furan rings is 1. The highest BCUT2D eigenvalue weighted by Gasteiger charge is 2.09. The lowest BCUT2D eigenvalue weighted by Gasteiger charge is -2.08. The molecule has 23 heavy (non-hydrogen) atoms. The topological polar surface area (TPSA) is 53.9 Å². The molecule has 0 aliphatic carbocycles. The molecule has 0 fully saturated rings. The minimum atomic E-state index is -0.302. The monoisotopic (exact) mass is 307 g/mol. The van der Waals surface area contributed by atoms with Gasteiger partial charge in [0, 0.05) is 10.9 Å². The Bertz CT molecular complexity index is 944. The average Bonchev–Trinajstić information content (AvgIpc) is 3.24. The van der Waals surface area contributed by atoms with Crippen molar-refractivity contribution in [2.24, 2.45) is 0 Å². The summed E-state index contributed by atoms with van der Waals surface area (Å²) in [6, 6.07) is 16.4. The van der Waals surface area contributed by atoms with Crippen LogP contribution in [-0.4, -0.2) is 10.2 Å². The molecule has 4 nitrogen and oxygen atoms in total. The van der Waals surface area contributed by atoms with E-state index in [0.29, 0.717) is 18.0 Å². The predicted octanol–water partition coefficient (Wildman–Crippen LogP) is 4.57. The lowest BCUT2D eigenvalue weighted by molar-refractivity contribution is 0.582. The summed E-state index contributed by atoms with van der Waals surface area (Å²) in [4.78, 5) is 0. The first-order valence-electron chi connectivity index (χ1n) is 7.30. The second kappa shape index (κ2) is 5.61. The number of H-pyrrole nitrogens is 1. The molecule has 0 unspecified atom stereocenters. The molecule has 5 heteroatoms. The van der Waals surface area contributed by atoms with Crippen molar-refractivity contribution >= 4 is 16.6 Å². The number of fused-ring (bicyclic) bond motifs is 1. The number of hydrogen-bond acceptors (Lipinski definition) is 3. The summed E-state index contributed by atoms with van der Waals surface area (Å²) in [7, 11) is 0. The van der Waals surface area contributed by atoms with Gasteiger partial charge in [0.15, 0.2) is 0 Å². The van der Waals surface area contributed by atoms with Crippen LogP contribution in [0.15, 0.2) is 65.3 Å². The standard InChI is InChI=1S/C18H14FN3O/c19-14-8-7-12(18-6-3-9-23-18)10-16(14)20-11-17-13-4-1-2-5-15(13)21-22-17/h1-10,20H,11H2,(H,21,22). The van der Waals surface area contributed by atoms with Gasteiger partial charge in [-0.2, -0.15) is 5.10 Å². The van der Waals surface area contributed by atoms with E-state index in [9.17, 15) is 4.39 Å². The van der Waals surface area contributed by atoms with E-state index >= 15 is 0 Å². The number of aromatic amines is 1. The third-order valence-corrected chi connectivity index (χ3v) is 3.77. The van der Waals surface area contributed by atoms with Crippen molar-refractivity contribution in [3.8, 4) is 11.3 Å². The highest BCUT2D eigenvalue weighted by molar-refractivity contribution is 5.81. The van der Waals surface area contributed by atoms with E-state index in [1.165, 1.54) is 6.07 Å². The van der Waals surface area contributed by atoms with Crippen LogP contribution in [0.2, 0.25) is 0 Å². The summed E-state index contributed by atoms with van der Waals surface area (Å²) >= 11 is 0. The summed E-state index contributed by atoms with van der Waals surface area (Å²) in [5.74, 6) is 0.407. The number of nitrogens with zero attached hydrogens (tertiary/aromatic N) is 1. The Labute approximate surface area is 131 Å². The summed E-state index contributed by atoms with van der Waals surface area (Å²) in [6.07, 6.45) is 1.60. The van der Waals surface area contributed by atoms with Crippen LogP contribution < -0.4 is 5.32 Å². The summed E-state index contributed by atoms with van der Waals surface area (Å²) in [5.41, 5.74) is 3.07. The molecule has 114 valence electrons. The summed E-state index contributed by atoms with van der Waals surface area (Å²) in [6.45, 7) is 0.457. The van der Waals surface area contributed by atoms with E-state index in [1.54, 1.807) is 18.4 Å². The SMILES string of the molecule is Fc1ccc(-c2ccco2)cc1NCc1[nH]nc2ccccc12. The maximum atomic E-state index is 14.0. The smallest absolute Gasteiger partial charge is 0.146 e. The van der Waals surface area contributed by atoms with Crippen molar-refractivity contribution in [3.63, 3.8) is 0 Å². The molecule has 0 atom stereocenters. The fourth-order valence-electron chi connectivity index (χ4n) is 2.59. The fraction of sp³-hybridized carbons (Fsp3) is 0.0556. The number of para-hydroxylation sites is 1. The van der Waals surface area contributed by atoms with E-state index in [1.807, 2.05) is 36.4 Å². The molecule has 0 bridgehead atoms. The minimum absolute atomic E-state index is 0.302. The Balaban J connectivity index is 1.60. The lowest BCUT2D eigenvalue weighted by atomic mass is 10.1. The van der Waals surface area contributed by atoms with Gasteiger partial charge in [-0.05, 0) is 36.4 Å². The molecule has 0 saturated carbocycles. The van der Waals surface area contributed by atoms with Crippen molar-refractivity contribution in [2.75, 3.05) is 5.32 Å². The number of rotatable bonds is 4. The molecule has 4 rings (SSSR count). The van der Waals surface area contributed by atoms with Crippen LogP contribution in [0.5, 0.6) is 0 Å². The molecule has 0 amide bonds. The van der Waals surface area contributed by atoms with Crippen molar-refractivity contribution in [2.45, 2.75) is 6.54 Å². The van der Waals surface area contributed by atoms with Crippen molar-refractivity contribution in [3.05, 3.63) is 72.4 Å². The zero-order valence-corrected chi connectivity index (χ0v) is 12.2. The Kier molecular flexibility index (Phi) is 3.31. The molecule has 0 aliphatic heterocycles. The van der Waals surface area contributed by atoms with Crippen LogP contribution in [0, 0.1) is 5.82 Å². The van der Waals surface area contributed by atoms with Gasteiger partial charge in [-0.3, -0.25) is 5.10 Å². The summed E-state index contributed by atoms with van der Waals surface area (Å²) < 4.78 is 19.4. The molecule has 2 heterocycles. The van der Waals surface area contributed by atoms with Crippen molar-refractivity contribution in [1.82, 2.24) is 10.2 Å². The van der Waals surface area contributed by atoms with Crippen molar-refractivity contribution in [1.29, 1.82) is 0 Å². The average molecular weight is 307 g/mol. The van der Waals surface area contributed by atoms with Crippen LogP contribution in [0.1, 0.15) is 5.69 Å². The van der Waals surface area contributed by atoms with E-state index in [-0.39, 0.29) is 5.82 Å². The maximum Gasteiger partial charge on any atom is 0.146 e. The van der Waals surface area contributed by atoms with Gasteiger partial charge in [0.05, 0.1) is 29.7 Å². The van der Waals surface area contributed by atoms with E-state index in [4.69, 9.17) is 4.42 Å².